The van der Waals surface area contributed by atoms with Crippen molar-refractivity contribution in [2.75, 3.05) is 6.54 Å². The fourth-order valence-electron chi connectivity index (χ4n) is 9.59. The predicted octanol–water partition coefficient (Wildman–Crippen LogP) is 15.4. The quantitative estimate of drug-likeness (QED) is 0.116. The third-order valence-electron chi connectivity index (χ3n) is 13.0. The van der Waals surface area contributed by atoms with Crippen LogP contribution in [-0.4, -0.2) is 18.2 Å². The monoisotopic (exact) mass is 921 g/mol. The Kier molecular flexibility index (Phi) is 10.7. The van der Waals surface area contributed by atoms with Gasteiger partial charge in [-0.25, -0.2) is 4.99 Å². The van der Waals surface area contributed by atoms with Gasteiger partial charge in [-0.15, -0.1) is 22.7 Å². The molecular weight excluding hydrogens is 879 g/mol. The Hall–Kier alpha value is -8.42. The van der Waals surface area contributed by atoms with E-state index in [1.54, 1.807) is 0 Å². The van der Waals surface area contributed by atoms with Gasteiger partial charge in [-0.05, 0) is 92.5 Å². The molecule has 69 heavy (non-hydrogen) atoms. The minimum absolute atomic E-state index is 0.259. The minimum atomic E-state index is 0.259. The third kappa shape index (κ3) is 7.76. The highest BCUT2D eigenvalue weighted by Crippen LogP contribution is 2.46. The molecule has 0 unspecified atom stereocenters. The van der Waals surface area contributed by atoms with Crippen LogP contribution >= 0.6 is 22.7 Å². The van der Waals surface area contributed by atoms with Crippen LogP contribution in [0.2, 0.25) is 0 Å². The molecule has 9 aromatic carbocycles. The fourth-order valence-corrected chi connectivity index (χ4v) is 12.0. The molecule has 3 heterocycles. The first kappa shape index (κ1) is 42.0. The van der Waals surface area contributed by atoms with Gasteiger partial charge in [0.05, 0.1) is 6.54 Å². The van der Waals surface area contributed by atoms with E-state index in [9.17, 15) is 0 Å². The molecule has 12 rings (SSSR count). The Morgan fingerprint density at radius 3 is 1.84 bits per heavy atom. The van der Waals surface area contributed by atoms with Crippen LogP contribution in [0.15, 0.2) is 233 Å². The molecule has 3 aromatic heterocycles. The van der Waals surface area contributed by atoms with Crippen molar-refractivity contribution >= 4 is 97.8 Å². The normalized spacial score (nSPS) is 12.7. The van der Waals surface area contributed by atoms with Crippen LogP contribution in [0.25, 0.3) is 108 Å². The second kappa shape index (κ2) is 17.7. The smallest absolute Gasteiger partial charge is 0.157 e. The molecule has 0 aliphatic heterocycles. The second-order valence-corrected chi connectivity index (χ2v) is 19.3. The van der Waals surface area contributed by atoms with Gasteiger partial charge in [0.1, 0.15) is 16.8 Å². The van der Waals surface area contributed by atoms with Crippen molar-refractivity contribution < 1.29 is 4.42 Å². The van der Waals surface area contributed by atoms with Gasteiger partial charge in [0, 0.05) is 62.1 Å². The van der Waals surface area contributed by atoms with Crippen LogP contribution in [0.1, 0.15) is 11.1 Å². The first-order chi connectivity index (χ1) is 34.0. The lowest BCUT2D eigenvalue weighted by Gasteiger charge is -2.10. The largest absolute Gasteiger partial charge is 0.457 e. The summed E-state index contributed by atoms with van der Waals surface area (Å²) in [6.07, 6.45) is 1.86. The molecular formula is C63H43N3OS2. The molecule has 6 heteroatoms. The van der Waals surface area contributed by atoms with Crippen molar-refractivity contribution in [2.45, 2.75) is 0 Å². The number of nitrogens with two attached hydrogens (primary N) is 1. The van der Waals surface area contributed by atoms with E-state index in [1.807, 2.05) is 89.4 Å². The predicted molar refractivity (Wildman–Crippen MR) is 297 cm³/mol. The molecule has 4 nitrogen and oxygen atoms in total. The molecule has 0 fully saturated rings. The summed E-state index contributed by atoms with van der Waals surface area (Å²) < 4.78 is 11.5. The third-order valence-corrected chi connectivity index (χ3v) is 15.3. The molecule has 0 aliphatic carbocycles. The Bertz CT molecular complexity index is 4160. The summed E-state index contributed by atoms with van der Waals surface area (Å²) in [5.41, 5.74) is 19.7. The van der Waals surface area contributed by atoms with Crippen LogP contribution in [0.3, 0.4) is 0 Å². The number of fused-ring (bicyclic) bond motifs is 7. The molecule has 0 radical (unpaired) electrons. The number of hydrogen-bond donors (Lipinski definition) is 1. The van der Waals surface area contributed by atoms with E-state index in [4.69, 9.17) is 20.1 Å². The van der Waals surface area contributed by atoms with Crippen molar-refractivity contribution in [2.24, 2.45) is 15.7 Å². The molecule has 0 saturated heterocycles. The average molecular weight is 922 g/mol. The summed E-state index contributed by atoms with van der Waals surface area (Å²) in [7, 11) is 0. The first-order valence-corrected chi connectivity index (χ1v) is 24.5. The second-order valence-electron chi connectivity index (χ2n) is 17.1. The lowest BCUT2D eigenvalue weighted by atomic mass is 9.94. The van der Waals surface area contributed by atoms with Gasteiger partial charge in [-0.1, -0.05) is 183 Å². The lowest BCUT2D eigenvalue weighted by Crippen LogP contribution is -2.22. The highest BCUT2D eigenvalue weighted by Gasteiger charge is 2.18. The maximum absolute atomic E-state index is 6.90. The fraction of sp³-hybridized carbons (Fsp3) is 0.0159. The summed E-state index contributed by atoms with van der Waals surface area (Å²) >= 11 is 3.71. The molecule has 0 spiro atoms. The van der Waals surface area contributed by atoms with Crippen molar-refractivity contribution in [3.05, 3.63) is 241 Å². The van der Waals surface area contributed by atoms with Crippen LogP contribution in [0.5, 0.6) is 0 Å². The zero-order valence-electron chi connectivity index (χ0n) is 37.5. The summed E-state index contributed by atoms with van der Waals surface area (Å²) in [5.74, 6) is 0.874. The number of rotatable bonds is 9. The van der Waals surface area contributed by atoms with Crippen LogP contribution < -0.4 is 16.4 Å². The summed E-state index contributed by atoms with van der Waals surface area (Å²) in [5, 5.41) is 6.91. The molecule has 328 valence electrons. The number of hydrogen-bond acceptors (Lipinski definition) is 4. The van der Waals surface area contributed by atoms with E-state index in [0.29, 0.717) is 17.1 Å². The molecule has 0 aliphatic rings. The van der Waals surface area contributed by atoms with Crippen molar-refractivity contribution in [3.8, 4) is 44.5 Å². The summed E-state index contributed by atoms with van der Waals surface area (Å²) in [6.45, 7) is 8.97. The highest BCUT2D eigenvalue weighted by atomic mass is 32.1. The van der Waals surface area contributed by atoms with Gasteiger partial charge >= 0.3 is 0 Å². The van der Waals surface area contributed by atoms with Gasteiger partial charge in [-0.3, -0.25) is 4.99 Å². The average Bonchev–Trinajstić information content (AvgIpc) is 4.09. The zero-order chi connectivity index (χ0) is 46.4. The number of amidine groups is 2. The number of furan rings is 1. The SMILES string of the molecule is C=C/C(CN=C(N=C(N)c1cccc(-c2ccccc2)c1)c1cccc(-c2ccccc2)c1)=c1\c(=C)oc2ccc(-c3ccc(-c4ccc5c(c4)sc4ccccc45)c4sc5ccccc5c34)cc12. The molecule has 0 bridgehead atoms. The van der Waals surface area contributed by atoms with Crippen molar-refractivity contribution in [3.63, 3.8) is 0 Å². The Balaban J connectivity index is 0.978. The van der Waals surface area contributed by atoms with E-state index in [1.165, 1.54) is 51.5 Å². The Labute approximate surface area is 407 Å². The highest BCUT2D eigenvalue weighted by molar-refractivity contribution is 7.26. The topological polar surface area (TPSA) is 63.9 Å². The maximum atomic E-state index is 6.90. The number of nitrogens with zero attached hydrogens (tertiary/aromatic N) is 2. The van der Waals surface area contributed by atoms with E-state index in [-0.39, 0.29) is 6.54 Å². The van der Waals surface area contributed by atoms with Crippen molar-refractivity contribution in [1.29, 1.82) is 0 Å². The minimum Gasteiger partial charge on any atom is -0.457 e. The first-order valence-electron chi connectivity index (χ1n) is 22.9. The van der Waals surface area contributed by atoms with E-state index in [0.717, 1.165) is 66.3 Å². The van der Waals surface area contributed by atoms with Gasteiger partial charge in [0.25, 0.3) is 0 Å². The molecule has 0 amide bonds. The summed E-state index contributed by atoms with van der Waals surface area (Å²) in [4.78, 5) is 10.3. The standard InChI is InChI=1S/C63H43N3OS2/c1-3-40(38-65-63(48-23-15-21-44(35-48)42-18-8-5-9-19-42)66-62(64)47-22-14-20-43(34-47)41-16-6-4-7-17-41)59-39(2)67-55-33-29-45(36-54(55)59)49-31-32-50(61-60(49)53-25-11-13-27-57(53)69-61)46-28-30-52-51-24-10-12-26-56(51)68-58(52)37-46/h3-37H,1-2,38H2,(H2,64,65,66)/b59-40-. The zero-order valence-corrected chi connectivity index (χ0v) is 39.2. The Morgan fingerprint density at radius 1 is 0.507 bits per heavy atom. The molecule has 0 saturated carbocycles. The van der Waals surface area contributed by atoms with E-state index < -0.39 is 0 Å². The van der Waals surface area contributed by atoms with Gasteiger partial charge in [-0.2, -0.15) is 0 Å². The van der Waals surface area contributed by atoms with Gasteiger partial charge < -0.3 is 10.2 Å². The van der Waals surface area contributed by atoms with E-state index >= 15 is 0 Å². The van der Waals surface area contributed by atoms with Crippen LogP contribution in [-0.2, 0) is 0 Å². The Morgan fingerprint density at radius 2 is 1.10 bits per heavy atom. The number of aliphatic imine (C=N–C) groups is 2. The van der Waals surface area contributed by atoms with Crippen LogP contribution in [0, 0.1) is 0 Å². The van der Waals surface area contributed by atoms with Crippen LogP contribution in [0.4, 0.5) is 0 Å². The summed E-state index contributed by atoms with van der Waals surface area (Å²) in [6, 6.07) is 72.4. The molecule has 2 N–H and O–H groups in total. The lowest BCUT2D eigenvalue weighted by molar-refractivity contribution is 0.577. The number of benzene rings is 9. The van der Waals surface area contributed by atoms with Crippen molar-refractivity contribution in [1.82, 2.24) is 0 Å². The molecule has 0 atom stereocenters. The molecule has 12 aromatic rings. The number of thiophene rings is 2. The maximum Gasteiger partial charge on any atom is 0.157 e. The van der Waals surface area contributed by atoms with Gasteiger partial charge in [0.2, 0.25) is 0 Å². The van der Waals surface area contributed by atoms with E-state index in [2.05, 4.69) is 159 Å². The van der Waals surface area contributed by atoms with Gasteiger partial charge in [0.15, 0.2) is 5.84 Å².